The van der Waals surface area contributed by atoms with E-state index in [1.807, 2.05) is 44.2 Å². The molecule has 0 spiro atoms. The van der Waals surface area contributed by atoms with Gasteiger partial charge in [-0.25, -0.2) is 0 Å². The largest absolute Gasteiger partial charge is 0.469 e. The van der Waals surface area contributed by atoms with Crippen LogP contribution in [-0.2, 0) is 16.0 Å². The number of halogens is 1. The molecule has 9 heteroatoms. The Balaban J connectivity index is 0.00000729. The van der Waals surface area contributed by atoms with Gasteiger partial charge in [-0.15, -0.1) is 12.4 Å². The summed E-state index contributed by atoms with van der Waals surface area (Å²) in [5, 5.41) is 20.6. The number of carbonyl (C=O) groups excluding carboxylic acids is 2. The molecule has 1 rings (SSSR count). The normalized spacial score (nSPS) is 11.5. The molecule has 0 heterocycles. The van der Waals surface area contributed by atoms with Crippen LogP contribution in [0.25, 0.3) is 0 Å². The summed E-state index contributed by atoms with van der Waals surface area (Å²) in [5.74, 6) is -0.894. The van der Waals surface area contributed by atoms with Crippen molar-refractivity contribution in [2.24, 2.45) is 5.73 Å². The second kappa shape index (κ2) is 14.4. The van der Waals surface area contributed by atoms with E-state index in [9.17, 15) is 9.59 Å². The number of hydrogen-bond acceptors (Lipinski definition) is 5. The van der Waals surface area contributed by atoms with Crippen molar-refractivity contribution in [1.82, 2.24) is 10.2 Å². The third-order valence-electron chi connectivity index (χ3n) is 4.40. The Labute approximate surface area is 174 Å². The van der Waals surface area contributed by atoms with Crippen LogP contribution in [0.1, 0.15) is 45.1 Å². The second-order valence-corrected chi connectivity index (χ2v) is 7.02. The van der Waals surface area contributed by atoms with Crippen LogP contribution in [0, 0.1) is 0 Å². The Hall–Kier alpha value is -1.61. The Bertz CT molecular complexity index is 576. The van der Waals surface area contributed by atoms with Gasteiger partial charge >= 0.3 is 7.12 Å². The topological polar surface area (TPSA) is 116 Å². The van der Waals surface area contributed by atoms with E-state index in [4.69, 9.17) is 15.8 Å². The summed E-state index contributed by atoms with van der Waals surface area (Å²) < 4.78 is 0. The number of hydrogen-bond donors (Lipinski definition) is 4. The zero-order valence-electron chi connectivity index (χ0n) is 16.7. The minimum absolute atomic E-state index is 0. The lowest BCUT2D eigenvalue weighted by Crippen LogP contribution is -2.44. The highest BCUT2D eigenvalue weighted by Gasteiger charge is 2.20. The third-order valence-corrected chi connectivity index (χ3v) is 4.40. The maximum absolute atomic E-state index is 12.5. The minimum Gasteiger partial charge on any atom is -0.426 e. The van der Waals surface area contributed by atoms with Crippen molar-refractivity contribution in [2.75, 3.05) is 13.1 Å². The fourth-order valence-corrected chi connectivity index (χ4v) is 2.69. The van der Waals surface area contributed by atoms with Gasteiger partial charge in [0, 0.05) is 24.9 Å². The maximum atomic E-state index is 12.5. The number of nitrogens with zero attached hydrogens (tertiary/aromatic N) is 1. The smallest absolute Gasteiger partial charge is 0.426 e. The van der Waals surface area contributed by atoms with Crippen LogP contribution in [0.4, 0.5) is 0 Å². The summed E-state index contributed by atoms with van der Waals surface area (Å²) in [6.07, 6.45) is 2.88. The molecule has 158 valence electrons. The first-order chi connectivity index (χ1) is 12.8. The van der Waals surface area contributed by atoms with Crippen LogP contribution in [0.3, 0.4) is 0 Å². The minimum atomic E-state index is -1.51. The molecule has 7 nitrogen and oxygen atoms in total. The Morgan fingerprint density at radius 1 is 1.18 bits per heavy atom. The van der Waals surface area contributed by atoms with Crippen molar-refractivity contribution in [3.05, 3.63) is 35.9 Å². The highest BCUT2D eigenvalue weighted by molar-refractivity contribution is 6.43. The number of rotatable bonds is 12. The molecule has 0 radical (unpaired) electrons. The second-order valence-electron chi connectivity index (χ2n) is 7.02. The highest BCUT2D eigenvalue weighted by Crippen LogP contribution is 2.07. The maximum Gasteiger partial charge on any atom is 0.469 e. The molecule has 1 aromatic rings. The first kappa shape index (κ1) is 26.4. The summed E-state index contributed by atoms with van der Waals surface area (Å²) in [7, 11) is -1.51. The van der Waals surface area contributed by atoms with Crippen LogP contribution >= 0.6 is 12.4 Å². The van der Waals surface area contributed by atoms with Crippen molar-refractivity contribution >= 4 is 31.3 Å². The van der Waals surface area contributed by atoms with Gasteiger partial charge in [-0.3, -0.25) is 9.59 Å². The van der Waals surface area contributed by atoms with E-state index in [2.05, 4.69) is 5.32 Å². The van der Waals surface area contributed by atoms with Gasteiger partial charge in [-0.05, 0) is 38.7 Å². The highest BCUT2D eigenvalue weighted by atomic mass is 35.5. The summed E-state index contributed by atoms with van der Waals surface area (Å²) in [6.45, 7) is 4.31. The molecule has 1 unspecified atom stereocenters. The lowest BCUT2D eigenvalue weighted by molar-refractivity contribution is -0.137. The molecule has 0 saturated carbocycles. The van der Waals surface area contributed by atoms with E-state index < -0.39 is 13.1 Å². The molecule has 0 aromatic heterocycles. The number of benzene rings is 1. The lowest BCUT2D eigenvalue weighted by atomic mass is 9.77. The molecule has 1 aromatic carbocycles. The summed E-state index contributed by atoms with van der Waals surface area (Å²) in [6, 6.07) is 9.75. The zero-order chi connectivity index (χ0) is 20.2. The number of carbonyl (C=O) groups is 2. The lowest BCUT2D eigenvalue weighted by Gasteiger charge is -2.26. The number of nitrogens with two attached hydrogens (primary N) is 1. The first-order valence-electron chi connectivity index (χ1n) is 9.53. The van der Waals surface area contributed by atoms with Gasteiger partial charge in [0.15, 0.2) is 0 Å². The number of unbranched alkanes of at least 4 members (excludes halogenated alkanes) is 1. The molecule has 5 N–H and O–H groups in total. The van der Waals surface area contributed by atoms with Crippen LogP contribution in [0.2, 0.25) is 0 Å². The first-order valence-corrected chi connectivity index (χ1v) is 9.53. The predicted molar refractivity (Wildman–Crippen MR) is 114 cm³/mol. The van der Waals surface area contributed by atoms with Gasteiger partial charge in [0.05, 0.1) is 6.54 Å². The van der Waals surface area contributed by atoms with Crippen molar-refractivity contribution in [1.29, 1.82) is 0 Å². The summed E-state index contributed by atoms with van der Waals surface area (Å²) in [5.41, 5.74) is 6.63. The fourth-order valence-electron chi connectivity index (χ4n) is 2.69. The number of amides is 2. The predicted octanol–water partition coefficient (Wildman–Crippen LogP) is 0.904. The third kappa shape index (κ3) is 10.7. The van der Waals surface area contributed by atoms with Gasteiger partial charge < -0.3 is 26.0 Å². The Morgan fingerprint density at radius 3 is 2.39 bits per heavy atom. The van der Waals surface area contributed by atoms with Gasteiger partial charge in [-0.2, -0.15) is 0 Å². The SMILES string of the molecule is CC(C)N(CC(=O)NCCCCC(N)B(O)O)C(=O)CCc1ccccc1.Cl. The molecule has 28 heavy (non-hydrogen) atoms. The van der Waals surface area contributed by atoms with Gasteiger partial charge in [0.1, 0.15) is 0 Å². The molecule has 2 amide bonds. The Morgan fingerprint density at radius 2 is 1.82 bits per heavy atom. The van der Waals surface area contributed by atoms with Gasteiger partial charge in [0.2, 0.25) is 11.8 Å². The van der Waals surface area contributed by atoms with E-state index in [1.165, 1.54) is 0 Å². The molecule has 1 atom stereocenters. The van der Waals surface area contributed by atoms with Crippen molar-refractivity contribution in [3.63, 3.8) is 0 Å². The summed E-state index contributed by atoms with van der Waals surface area (Å²) in [4.78, 5) is 26.2. The molecule has 0 fully saturated rings. The van der Waals surface area contributed by atoms with Crippen molar-refractivity contribution in [3.8, 4) is 0 Å². The average Bonchev–Trinajstić information content (AvgIpc) is 2.64. The average molecular weight is 414 g/mol. The standard InChI is InChI=1S/C19H32BN3O4.ClH/c1-15(2)23(19(25)12-11-16-8-4-3-5-9-16)14-18(24)22-13-7-6-10-17(21)20(26)27;/h3-5,8-9,15,17,26-27H,6-7,10-14,21H2,1-2H3,(H,22,24);1H. The van der Waals surface area contributed by atoms with E-state index in [1.54, 1.807) is 4.90 Å². The molecular formula is C19H33BClN3O4. The molecule has 0 aliphatic rings. The molecular weight excluding hydrogens is 380 g/mol. The van der Waals surface area contributed by atoms with Crippen LogP contribution in [0.15, 0.2) is 30.3 Å². The number of nitrogens with one attached hydrogen (secondary N) is 1. The number of aryl methyl sites for hydroxylation is 1. The molecule has 0 bridgehead atoms. The molecule has 0 aliphatic carbocycles. The van der Waals surface area contributed by atoms with Crippen molar-refractivity contribution < 1.29 is 19.6 Å². The van der Waals surface area contributed by atoms with E-state index in [0.29, 0.717) is 38.6 Å². The van der Waals surface area contributed by atoms with Crippen LogP contribution in [-0.4, -0.2) is 59.0 Å². The van der Waals surface area contributed by atoms with E-state index >= 15 is 0 Å². The van der Waals surface area contributed by atoms with E-state index in [0.717, 1.165) is 5.56 Å². The van der Waals surface area contributed by atoms with Gasteiger partial charge in [0.25, 0.3) is 0 Å². The quantitative estimate of drug-likeness (QED) is 0.300. The van der Waals surface area contributed by atoms with E-state index in [-0.39, 0.29) is 36.8 Å². The van der Waals surface area contributed by atoms with Crippen LogP contribution in [0.5, 0.6) is 0 Å². The monoisotopic (exact) mass is 413 g/mol. The molecule has 0 saturated heterocycles. The van der Waals surface area contributed by atoms with Crippen molar-refractivity contribution in [2.45, 2.75) is 57.9 Å². The van der Waals surface area contributed by atoms with Crippen LogP contribution < -0.4 is 11.1 Å². The zero-order valence-corrected chi connectivity index (χ0v) is 17.5. The summed E-state index contributed by atoms with van der Waals surface area (Å²) >= 11 is 0. The molecule has 0 aliphatic heterocycles. The Kier molecular flexibility index (Phi) is 13.6. The fraction of sp³-hybridized carbons (Fsp3) is 0.579. The van der Waals surface area contributed by atoms with Gasteiger partial charge in [-0.1, -0.05) is 36.8 Å².